The average Bonchev–Trinajstić information content (AvgIpc) is 3.81. The molecule has 0 aliphatic heterocycles. The minimum atomic E-state index is 0.446. The normalized spacial score (nSPS) is 11.7. The summed E-state index contributed by atoms with van der Waals surface area (Å²) in [6, 6.07) is 60.1. The lowest BCUT2D eigenvalue weighted by Gasteiger charge is -2.29. The summed E-state index contributed by atoms with van der Waals surface area (Å²) in [6.07, 6.45) is 0. The number of fused-ring (bicyclic) bond motifs is 9. The van der Waals surface area contributed by atoms with E-state index in [1.54, 1.807) is 0 Å². The number of hydrogen-bond acceptors (Lipinski definition) is 5. The summed E-state index contributed by atoms with van der Waals surface area (Å²) in [5.41, 5.74) is 14.6. The molecule has 60 heavy (non-hydrogen) atoms. The number of para-hydroxylation sites is 4. The molecule has 5 heteroatoms. The maximum absolute atomic E-state index is 10.4. The second-order valence-electron chi connectivity index (χ2n) is 15.9. The molecule has 9 aromatic carbocycles. The van der Waals surface area contributed by atoms with Gasteiger partial charge in [0.25, 0.3) is 0 Å². The molecule has 11 rings (SSSR count). The van der Waals surface area contributed by atoms with Crippen molar-refractivity contribution in [2.45, 2.75) is 27.7 Å². The molecule has 0 atom stereocenters. The first-order valence-electron chi connectivity index (χ1n) is 20.3. The molecule has 2 aromatic heterocycles. The van der Waals surface area contributed by atoms with Crippen LogP contribution in [0.1, 0.15) is 27.8 Å². The molecule has 0 bridgehead atoms. The van der Waals surface area contributed by atoms with Gasteiger partial charge in [0.2, 0.25) is 0 Å². The van der Waals surface area contributed by atoms with E-state index in [0.29, 0.717) is 16.7 Å². The van der Waals surface area contributed by atoms with E-state index in [-0.39, 0.29) is 0 Å². The van der Waals surface area contributed by atoms with Gasteiger partial charge in [-0.1, -0.05) is 84.9 Å². The summed E-state index contributed by atoms with van der Waals surface area (Å²) >= 11 is 0. The van der Waals surface area contributed by atoms with Gasteiger partial charge in [-0.05, 0) is 144 Å². The summed E-state index contributed by atoms with van der Waals surface area (Å²) in [4.78, 5) is 4.67. The highest BCUT2D eigenvalue weighted by Gasteiger charge is 2.23. The molecule has 0 spiro atoms. The first-order chi connectivity index (χ1) is 29.3. The van der Waals surface area contributed by atoms with E-state index in [1.165, 1.54) is 33.6 Å². The van der Waals surface area contributed by atoms with Crippen LogP contribution >= 0.6 is 0 Å². The number of benzene rings is 9. The van der Waals surface area contributed by atoms with Crippen LogP contribution in [0.5, 0.6) is 0 Å². The second-order valence-corrected chi connectivity index (χ2v) is 15.9. The van der Waals surface area contributed by atoms with Gasteiger partial charge in [-0.3, -0.25) is 0 Å². The standard InChI is InChI=1S/C55H39N3O2/c1-33-13-11-14-34(2)53(33)57(42-17-7-5-8-18-42)44-23-21-37-27-46-48(29-39(37)25-44)59-50-31-41(32-56)55-52(51(46)50)47-28-38-22-24-45(26-40(38)30-49(47)60-55)58(43-19-9-6-10-20-43)54-35(3)15-12-16-36(54)4/h5-31H,1-4H3. The highest BCUT2D eigenvalue weighted by atomic mass is 16.3. The van der Waals surface area contributed by atoms with Crippen LogP contribution in [0.4, 0.5) is 34.1 Å². The van der Waals surface area contributed by atoms with E-state index >= 15 is 0 Å². The van der Waals surface area contributed by atoms with E-state index in [1.807, 2.05) is 12.1 Å². The Morgan fingerprint density at radius 2 is 0.867 bits per heavy atom. The van der Waals surface area contributed by atoms with E-state index in [2.05, 4.69) is 195 Å². The maximum atomic E-state index is 10.4. The van der Waals surface area contributed by atoms with Gasteiger partial charge in [0.15, 0.2) is 5.58 Å². The third-order valence-corrected chi connectivity index (χ3v) is 12.1. The van der Waals surface area contributed by atoms with Gasteiger partial charge in [-0.15, -0.1) is 0 Å². The molecule has 0 saturated carbocycles. The fraction of sp³-hybridized carbons (Fsp3) is 0.0727. The van der Waals surface area contributed by atoms with Crippen molar-refractivity contribution in [3.05, 3.63) is 192 Å². The monoisotopic (exact) mass is 773 g/mol. The largest absolute Gasteiger partial charge is 0.456 e. The Bertz CT molecular complexity index is 3520. The lowest BCUT2D eigenvalue weighted by molar-refractivity contribution is 0.662. The zero-order valence-corrected chi connectivity index (χ0v) is 33.7. The molecule has 0 N–H and O–H groups in total. The number of rotatable bonds is 6. The molecule has 286 valence electrons. The zero-order chi connectivity index (χ0) is 40.6. The Morgan fingerprint density at radius 3 is 1.35 bits per heavy atom. The average molecular weight is 774 g/mol. The van der Waals surface area contributed by atoms with Gasteiger partial charge in [0.1, 0.15) is 22.8 Å². The Hall–Kier alpha value is -7.81. The van der Waals surface area contributed by atoms with Gasteiger partial charge in [-0.25, -0.2) is 0 Å². The van der Waals surface area contributed by atoms with Gasteiger partial charge < -0.3 is 18.6 Å². The first kappa shape index (κ1) is 35.4. The molecule has 0 unspecified atom stereocenters. The van der Waals surface area contributed by atoms with Crippen molar-refractivity contribution in [2.24, 2.45) is 0 Å². The summed E-state index contributed by atoms with van der Waals surface area (Å²) in [5, 5.41) is 18.5. The minimum absolute atomic E-state index is 0.446. The van der Waals surface area contributed by atoms with Crippen LogP contribution in [0, 0.1) is 39.0 Å². The van der Waals surface area contributed by atoms with Crippen molar-refractivity contribution >= 4 is 99.5 Å². The Morgan fingerprint density at radius 1 is 0.400 bits per heavy atom. The molecule has 0 aliphatic carbocycles. The minimum Gasteiger partial charge on any atom is -0.456 e. The van der Waals surface area contributed by atoms with Crippen molar-refractivity contribution in [3.8, 4) is 6.07 Å². The van der Waals surface area contributed by atoms with Crippen LogP contribution in [0.3, 0.4) is 0 Å². The Labute approximate surface area is 347 Å². The summed E-state index contributed by atoms with van der Waals surface area (Å²) < 4.78 is 13.3. The van der Waals surface area contributed by atoms with E-state index in [9.17, 15) is 5.26 Å². The van der Waals surface area contributed by atoms with E-state index < -0.39 is 0 Å². The number of nitrogens with zero attached hydrogens (tertiary/aromatic N) is 3. The third kappa shape index (κ3) is 5.53. The first-order valence-corrected chi connectivity index (χ1v) is 20.3. The van der Waals surface area contributed by atoms with Crippen molar-refractivity contribution < 1.29 is 8.83 Å². The van der Waals surface area contributed by atoms with Crippen LogP contribution in [0.25, 0.3) is 65.4 Å². The quantitative estimate of drug-likeness (QED) is 0.168. The van der Waals surface area contributed by atoms with Crippen molar-refractivity contribution in [2.75, 3.05) is 9.80 Å². The SMILES string of the molecule is Cc1cccc(C)c1N(c1ccccc1)c1ccc2cc3c(cc2c1)oc1cc(C#N)c2oc4cc5cc(N(c6ccccc6)c6c(C)cccc6C)ccc5cc4c2c13. The number of furan rings is 2. The van der Waals surface area contributed by atoms with Crippen molar-refractivity contribution in [1.82, 2.24) is 0 Å². The predicted octanol–water partition coefficient (Wildman–Crippen LogP) is 15.8. The number of aryl methyl sites for hydroxylation is 4. The molecule has 2 heterocycles. The maximum Gasteiger partial charge on any atom is 0.154 e. The molecule has 0 saturated heterocycles. The second kappa shape index (κ2) is 13.7. The smallest absolute Gasteiger partial charge is 0.154 e. The lowest BCUT2D eigenvalue weighted by atomic mass is 9.98. The van der Waals surface area contributed by atoms with Crippen LogP contribution in [-0.2, 0) is 0 Å². The van der Waals surface area contributed by atoms with Gasteiger partial charge in [-0.2, -0.15) is 5.26 Å². The lowest BCUT2D eigenvalue weighted by Crippen LogP contribution is -2.12. The summed E-state index contributed by atoms with van der Waals surface area (Å²) in [5.74, 6) is 0. The number of nitriles is 1. The number of anilines is 6. The zero-order valence-electron chi connectivity index (χ0n) is 33.7. The van der Waals surface area contributed by atoms with Crippen LogP contribution in [0.2, 0.25) is 0 Å². The fourth-order valence-electron chi connectivity index (χ4n) is 9.31. The highest BCUT2D eigenvalue weighted by Crippen LogP contribution is 2.46. The van der Waals surface area contributed by atoms with E-state index in [4.69, 9.17) is 8.83 Å². The number of hydrogen-bond donors (Lipinski definition) is 0. The van der Waals surface area contributed by atoms with Crippen molar-refractivity contribution in [1.29, 1.82) is 5.26 Å². The third-order valence-electron chi connectivity index (χ3n) is 12.1. The van der Waals surface area contributed by atoms with Gasteiger partial charge >= 0.3 is 0 Å². The Kier molecular flexibility index (Phi) is 8.05. The molecular weight excluding hydrogens is 735 g/mol. The molecular formula is C55H39N3O2. The molecule has 0 radical (unpaired) electrons. The molecule has 5 nitrogen and oxygen atoms in total. The van der Waals surface area contributed by atoms with Gasteiger partial charge in [0.05, 0.1) is 16.9 Å². The van der Waals surface area contributed by atoms with Crippen molar-refractivity contribution in [3.63, 3.8) is 0 Å². The summed E-state index contributed by atoms with van der Waals surface area (Å²) in [6.45, 7) is 8.66. The molecule has 11 aromatic rings. The van der Waals surface area contributed by atoms with Crippen LogP contribution in [0.15, 0.2) is 173 Å². The van der Waals surface area contributed by atoms with E-state index in [0.717, 1.165) is 77.0 Å². The summed E-state index contributed by atoms with van der Waals surface area (Å²) in [7, 11) is 0. The van der Waals surface area contributed by atoms with Gasteiger partial charge in [0, 0.05) is 50.4 Å². The Balaban J connectivity index is 1.09. The predicted molar refractivity (Wildman–Crippen MR) is 249 cm³/mol. The molecule has 0 aliphatic rings. The van der Waals surface area contributed by atoms with Crippen LogP contribution in [-0.4, -0.2) is 0 Å². The molecule has 0 fully saturated rings. The van der Waals surface area contributed by atoms with Crippen LogP contribution < -0.4 is 9.80 Å². The fourth-order valence-corrected chi connectivity index (χ4v) is 9.31. The molecule has 0 amide bonds. The highest BCUT2D eigenvalue weighted by molar-refractivity contribution is 6.28. The topological polar surface area (TPSA) is 56.6 Å².